The summed E-state index contributed by atoms with van der Waals surface area (Å²) in [5, 5.41) is 13.4. The highest BCUT2D eigenvalue weighted by molar-refractivity contribution is 5.24. The lowest BCUT2D eigenvalue weighted by Crippen LogP contribution is -2.51. The molecule has 0 spiro atoms. The SMILES string of the molecule is CC1CCCC(CO)(NCc2ccc(C(C)C)cc2)C1. The van der Waals surface area contributed by atoms with Crippen LogP contribution in [0, 0.1) is 5.92 Å². The van der Waals surface area contributed by atoms with Gasteiger partial charge in [-0.1, -0.05) is 57.9 Å². The number of rotatable bonds is 5. The van der Waals surface area contributed by atoms with E-state index >= 15 is 0 Å². The minimum absolute atomic E-state index is 0.0611. The zero-order chi connectivity index (χ0) is 14.6. The fourth-order valence-electron chi connectivity index (χ4n) is 3.33. The average Bonchev–Trinajstić information content (AvgIpc) is 2.45. The summed E-state index contributed by atoms with van der Waals surface area (Å²) in [6.07, 6.45) is 4.71. The molecule has 1 aromatic rings. The van der Waals surface area contributed by atoms with Crippen molar-refractivity contribution in [1.82, 2.24) is 5.32 Å². The Labute approximate surface area is 123 Å². The fraction of sp³-hybridized carbons (Fsp3) is 0.667. The molecule has 2 nitrogen and oxygen atoms in total. The molecular weight excluding hydrogens is 246 g/mol. The number of aliphatic hydroxyl groups is 1. The molecule has 1 aliphatic rings. The fourth-order valence-corrected chi connectivity index (χ4v) is 3.33. The van der Waals surface area contributed by atoms with E-state index in [1.165, 1.54) is 24.0 Å². The van der Waals surface area contributed by atoms with Crippen LogP contribution < -0.4 is 5.32 Å². The summed E-state index contributed by atoms with van der Waals surface area (Å²) in [6.45, 7) is 7.84. The van der Waals surface area contributed by atoms with Gasteiger partial charge in [0, 0.05) is 12.1 Å². The molecular formula is C18H29NO. The molecule has 0 aliphatic heterocycles. The molecule has 2 heteroatoms. The molecule has 20 heavy (non-hydrogen) atoms. The first-order valence-electron chi connectivity index (χ1n) is 7.99. The summed E-state index contributed by atoms with van der Waals surface area (Å²) in [7, 11) is 0. The van der Waals surface area contributed by atoms with Gasteiger partial charge in [0.1, 0.15) is 0 Å². The summed E-state index contributed by atoms with van der Waals surface area (Å²) >= 11 is 0. The average molecular weight is 275 g/mol. The third-order valence-electron chi connectivity index (χ3n) is 4.71. The zero-order valence-corrected chi connectivity index (χ0v) is 13.2. The number of hydrogen-bond donors (Lipinski definition) is 2. The molecule has 2 rings (SSSR count). The standard InChI is InChI=1S/C18H29NO/c1-14(2)17-8-6-16(7-9-17)12-19-18(13-20)10-4-5-15(3)11-18/h6-9,14-15,19-20H,4-5,10-13H2,1-3H3. The van der Waals surface area contributed by atoms with E-state index in [-0.39, 0.29) is 12.1 Å². The van der Waals surface area contributed by atoms with Gasteiger partial charge in [0.15, 0.2) is 0 Å². The van der Waals surface area contributed by atoms with Crippen LogP contribution in [0.2, 0.25) is 0 Å². The van der Waals surface area contributed by atoms with Gasteiger partial charge < -0.3 is 10.4 Å². The van der Waals surface area contributed by atoms with Crippen molar-refractivity contribution in [2.75, 3.05) is 6.61 Å². The second-order valence-electron chi connectivity index (χ2n) is 6.89. The third-order valence-corrected chi connectivity index (χ3v) is 4.71. The van der Waals surface area contributed by atoms with Gasteiger partial charge in [-0.05, 0) is 35.8 Å². The molecule has 0 aromatic heterocycles. The Kier molecular flexibility index (Phi) is 5.22. The summed E-state index contributed by atoms with van der Waals surface area (Å²) in [5.74, 6) is 1.30. The van der Waals surface area contributed by atoms with Crippen LogP contribution in [0.3, 0.4) is 0 Å². The maximum absolute atomic E-state index is 9.79. The van der Waals surface area contributed by atoms with Gasteiger partial charge in [0.2, 0.25) is 0 Å². The predicted molar refractivity (Wildman–Crippen MR) is 84.8 cm³/mol. The minimum Gasteiger partial charge on any atom is -0.394 e. The van der Waals surface area contributed by atoms with E-state index in [0.29, 0.717) is 11.8 Å². The third kappa shape index (κ3) is 3.83. The predicted octanol–water partition coefficient (Wildman–Crippen LogP) is 3.84. The first-order valence-corrected chi connectivity index (χ1v) is 7.99. The maximum Gasteiger partial charge on any atom is 0.0613 e. The maximum atomic E-state index is 9.79. The molecule has 2 N–H and O–H groups in total. The van der Waals surface area contributed by atoms with E-state index in [4.69, 9.17) is 0 Å². The molecule has 1 saturated carbocycles. The van der Waals surface area contributed by atoms with E-state index in [1.807, 2.05) is 0 Å². The normalized spacial score (nSPS) is 26.9. The van der Waals surface area contributed by atoms with Crippen molar-refractivity contribution in [1.29, 1.82) is 0 Å². The van der Waals surface area contributed by atoms with Crippen LogP contribution in [0.25, 0.3) is 0 Å². The molecule has 1 aromatic carbocycles. The highest BCUT2D eigenvalue weighted by atomic mass is 16.3. The van der Waals surface area contributed by atoms with Gasteiger partial charge in [-0.15, -0.1) is 0 Å². The Balaban J connectivity index is 1.96. The summed E-state index contributed by atoms with van der Waals surface area (Å²) < 4.78 is 0. The first kappa shape index (κ1) is 15.5. The van der Waals surface area contributed by atoms with Crippen molar-refractivity contribution >= 4 is 0 Å². The molecule has 2 atom stereocenters. The molecule has 0 heterocycles. The van der Waals surface area contributed by atoms with Gasteiger partial charge in [0.25, 0.3) is 0 Å². The van der Waals surface area contributed by atoms with Gasteiger partial charge in [0.05, 0.1) is 6.61 Å². The lowest BCUT2D eigenvalue weighted by molar-refractivity contribution is 0.0982. The van der Waals surface area contributed by atoms with Gasteiger partial charge >= 0.3 is 0 Å². The lowest BCUT2D eigenvalue weighted by Gasteiger charge is -2.39. The van der Waals surface area contributed by atoms with Crippen molar-refractivity contribution in [2.45, 2.75) is 64.5 Å². The molecule has 0 bridgehead atoms. The van der Waals surface area contributed by atoms with E-state index in [2.05, 4.69) is 50.4 Å². The first-order chi connectivity index (χ1) is 9.54. The van der Waals surface area contributed by atoms with Crippen molar-refractivity contribution in [3.8, 4) is 0 Å². The Hall–Kier alpha value is -0.860. The summed E-state index contributed by atoms with van der Waals surface area (Å²) in [4.78, 5) is 0. The van der Waals surface area contributed by atoms with E-state index in [1.54, 1.807) is 0 Å². The number of benzene rings is 1. The molecule has 0 radical (unpaired) electrons. The second-order valence-corrected chi connectivity index (χ2v) is 6.89. The number of nitrogens with one attached hydrogen (secondary N) is 1. The van der Waals surface area contributed by atoms with E-state index < -0.39 is 0 Å². The Bertz CT molecular complexity index is 412. The number of aliphatic hydroxyl groups excluding tert-OH is 1. The molecule has 1 aliphatic carbocycles. The van der Waals surface area contributed by atoms with Crippen molar-refractivity contribution < 1.29 is 5.11 Å². The van der Waals surface area contributed by atoms with Crippen LogP contribution in [-0.2, 0) is 6.54 Å². The molecule has 112 valence electrons. The van der Waals surface area contributed by atoms with E-state index in [9.17, 15) is 5.11 Å². The Morgan fingerprint density at radius 3 is 2.55 bits per heavy atom. The molecule has 0 saturated heterocycles. The molecule has 1 fully saturated rings. The molecule has 2 unspecified atom stereocenters. The smallest absolute Gasteiger partial charge is 0.0613 e. The van der Waals surface area contributed by atoms with E-state index in [0.717, 1.165) is 19.4 Å². The molecule has 0 amide bonds. The van der Waals surface area contributed by atoms with Crippen LogP contribution in [0.1, 0.15) is 63.5 Å². The van der Waals surface area contributed by atoms with Crippen LogP contribution in [0.5, 0.6) is 0 Å². The van der Waals surface area contributed by atoms with Crippen molar-refractivity contribution in [3.05, 3.63) is 35.4 Å². The summed E-state index contributed by atoms with van der Waals surface area (Å²) in [6, 6.07) is 8.85. The second kappa shape index (κ2) is 6.73. The van der Waals surface area contributed by atoms with Crippen LogP contribution in [0.15, 0.2) is 24.3 Å². The largest absolute Gasteiger partial charge is 0.394 e. The Morgan fingerprint density at radius 2 is 2.00 bits per heavy atom. The lowest BCUT2D eigenvalue weighted by atomic mass is 9.77. The van der Waals surface area contributed by atoms with Crippen molar-refractivity contribution in [3.63, 3.8) is 0 Å². The topological polar surface area (TPSA) is 32.3 Å². The van der Waals surface area contributed by atoms with Gasteiger partial charge in [-0.3, -0.25) is 0 Å². The highest BCUT2D eigenvalue weighted by Gasteiger charge is 2.33. The van der Waals surface area contributed by atoms with Gasteiger partial charge in [-0.25, -0.2) is 0 Å². The van der Waals surface area contributed by atoms with Gasteiger partial charge in [-0.2, -0.15) is 0 Å². The quantitative estimate of drug-likeness (QED) is 0.855. The highest BCUT2D eigenvalue weighted by Crippen LogP contribution is 2.32. The van der Waals surface area contributed by atoms with Crippen molar-refractivity contribution in [2.24, 2.45) is 5.92 Å². The van der Waals surface area contributed by atoms with Crippen LogP contribution in [0.4, 0.5) is 0 Å². The minimum atomic E-state index is -0.0611. The zero-order valence-electron chi connectivity index (χ0n) is 13.2. The monoisotopic (exact) mass is 275 g/mol. The van der Waals surface area contributed by atoms with Crippen LogP contribution in [-0.4, -0.2) is 17.3 Å². The summed E-state index contributed by atoms with van der Waals surface area (Å²) in [5.41, 5.74) is 2.63. The Morgan fingerprint density at radius 1 is 1.30 bits per heavy atom. The number of hydrogen-bond acceptors (Lipinski definition) is 2. The van der Waals surface area contributed by atoms with Crippen LogP contribution >= 0.6 is 0 Å².